The van der Waals surface area contributed by atoms with Gasteiger partial charge in [0.15, 0.2) is 0 Å². The van der Waals surface area contributed by atoms with Crippen LogP contribution in [0.25, 0.3) is 11.1 Å². The number of ether oxygens (including phenoxy) is 1. The zero-order valence-electron chi connectivity index (χ0n) is 19.0. The van der Waals surface area contributed by atoms with E-state index in [1.165, 1.54) is 13.3 Å². The van der Waals surface area contributed by atoms with Crippen molar-refractivity contribution in [3.63, 3.8) is 0 Å². The molecule has 2 aromatic heterocycles. The molecule has 4 rings (SSSR count). The van der Waals surface area contributed by atoms with E-state index in [1.54, 1.807) is 23.2 Å². The maximum absolute atomic E-state index is 13.4. The van der Waals surface area contributed by atoms with Gasteiger partial charge in [-0.2, -0.15) is 0 Å². The highest BCUT2D eigenvalue weighted by Gasteiger charge is 2.37. The number of hydrogen-bond donors (Lipinski definition) is 0. The lowest BCUT2D eigenvalue weighted by atomic mass is 9.97. The van der Waals surface area contributed by atoms with Gasteiger partial charge in [0.05, 0.1) is 12.7 Å². The first-order chi connectivity index (χ1) is 16.1. The van der Waals surface area contributed by atoms with Crippen molar-refractivity contribution in [3.05, 3.63) is 78.2 Å². The molecule has 3 heterocycles. The van der Waals surface area contributed by atoms with Crippen LogP contribution in [0.5, 0.6) is 5.88 Å². The molecule has 1 saturated heterocycles. The van der Waals surface area contributed by atoms with Gasteiger partial charge in [0.25, 0.3) is 5.91 Å². The second-order valence-electron chi connectivity index (χ2n) is 8.08. The highest BCUT2D eigenvalue weighted by atomic mass is 16.5. The number of piperazine rings is 1. The van der Waals surface area contributed by atoms with Gasteiger partial charge in [-0.05, 0) is 35.2 Å². The number of amides is 2. The summed E-state index contributed by atoms with van der Waals surface area (Å²) in [5.74, 6) is 0.243. The molecule has 0 unspecified atom stereocenters. The summed E-state index contributed by atoms with van der Waals surface area (Å²) >= 11 is 0. The number of nitrogens with zero attached hydrogens (tertiary/aromatic N) is 4. The van der Waals surface area contributed by atoms with E-state index in [1.807, 2.05) is 41.4 Å². The Bertz CT molecular complexity index is 1100. The number of benzene rings is 1. The average molecular weight is 445 g/mol. The number of carbonyl (C=O) groups is 2. The molecule has 0 bridgehead atoms. The van der Waals surface area contributed by atoms with Gasteiger partial charge in [-0.25, -0.2) is 4.98 Å². The zero-order chi connectivity index (χ0) is 23.2. The van der Waals surface area contributed by atoms with Gasteiger partial charge in [0.1, 0.15) is 6.04 Å². The van der Waals surface area contributed by atoms with Gasteiger partial charge in [0.2, 0.25) is 11.8 Å². The van der Waals surface area contributed by atoms with Crippen LogP contribution in [0.1, 0.15) is 29.3 Å². The first-order valence-electron chi connectivity index (χ1n) is 11.2. The molecule has 1 fully saturated rings. The predicted molar refractivity (Wildman–Crippen MR) is 126 cm³/mol. The Morgan fingerprint density at radius 2 is 1.94 bits per heavy atom. The van der Waals surface area contributed by atoms with Crippen LogP contribution < -0.4 is 4.74 Å². The number of hydrogen-bond acceptors (Lipinski definition) is 5. The summed E-state index contributed by atoms with van der Waals surface area (Å²) in [6.45, 7) is 3.77. The molecular formula is C26H28N4O3. The van der Waals surface area contributed by atoms with Gasteiger partial charge in [0, 0.05) is 50.7 Å². The van der Waals surface area contributed by atoms with Gasteiger partial charge < -0.3 is 14.5 Å². The summed E-state index contributed by atoms with van der Waals surface area (Å²) in [6.07, 6.45) is 6.39. The van der Waals surface area contributed by atoms with E-state index in [-0.39, 0.29) is 11.8 Å². The van der Waals surface area contributed by atoms with Crippen molar-refractivity contribution in [2.75, 3.05) is 26.7 Å². The minimum atomic E-state index is -0.566. The van der Waals surface area contributed by atoms with Gasteiger partial charge in [-0.15, -0.1) is 0 Å². The molecule has 7 heteroatoms. The summed E-state index contributed by atoms with van der Waals surface area (Å²) in [6, 6.07) is 14.8. The number of aromatic nitrogens is 2. The highest BCUT2D eigenvalue weighted by Crippen LogP contribution is 2.24. The molecule has 0 N–H and O–H groups in total. The smallest absolute Gasteiger partial charge is 0.256 e. The molecule has 0 spiro atoms. The average Bonchev–Trinajstić information content (AvgIpc) is 2.87. The summed E-state index contributed by atoms with van der Waals surface area (Å²) in [5, 5.41) is 0. The third kappa shape index (κ3) is 5.03. The van der Waals surface area contributed by atoms with E-state index < -0.39 is 6.04 Å². The summed E-state index contributed by atoms with van der Waals surface area (Å²) in [5.41, 5.74) is 3.49. The molecule has 33 heavy (non-hydrogen) atoms. The van der Waals surface area contributed by atoms with E-state index in [0.29, 0.717) is 37.5 Å². The van der Waals surface area contributed by atoms with Crippen molar-refractivity contribution in [2.24, 2.45) is 0 Å². The Morgan fingerprint density at radius 3 is 2.64 bits per heavy atom. The lowest BCUT2D eigenvalue weighted by Crippen LogP contribution is -2.59. The molecule has 1 aliphatic heterocycles. The first-order valence-corrected chi connectivity index (χ1v) is 11.2. The molecule has 1 aromatic carbocycles. The fourth-order valence-electron chi connectivity index (χ4n) is 4.20. The van der Waals surface area contributed by atoms with E-state index in [9.17, 15) is 9.59 Å². The fourth-order valence-corrected chi connectivity index (χ4v) is 4.20. The Hall–Kier alpha value is -3.74. The fraction of sp³-hybridized carbons (Fsp3) is 0.308. The van der Waals surface area contributed by atoms with E-state index in [0.717, 1.165) is 23.1 Å². The molecule has 7 nitrogen and oxygen atoms in total. The molecule has 170 valence electrons. The molecule has 1 aliphatic rings. The molecule has 0 aliphatic carbocycles. The minimum Gasteiger partial charge on any atom is -0.481 e. The lowest BCUT2D eigenvalue weighted by molar-refractivity contribution is -0.140. The second-order valence-corrected chi connectivity index (χ2v) is 8.08. The standard InChI is InChI=1S/C26H28N4O3/c1-3-12-29-13-14-30(25(31)22-9-10-24(33-2)28-18-22)23(26(29)32)16-19-6-4-7-20(15-19)21-8-5-11-27-17-21/h4-11,15,17-18,23H,3,12-14,16H2,1-2H3/t23-/m1/s1. The summed E-state index contributed by atoms with van der Waals surface area (Å²) in [7, 11) is 1.53. The number of rotatable bonds is 7. The predicted octanol–water partition coefficient (Wildman–Crippen LogP) is 3.46. The first kappa shape index (κ1) is 22.5. The SMILES string of the molecule is CCCN1CCN(C(=O)c2ccc(OC)nc2)[C@H](Cc2cccc(-c3cccnc3)c2)C1=O. The monoisotopic (exact) mass is 444 g/mol. The topological polar surface area (TPSA) is 75.6 Å². The van der Waals surface area contributed by atoms with Crippen molar-refractivity contribution in [2.45, 2.75) is 25.8 Å². The molecular weight excluding hydrogens is 416 g/mol. The van der Waals surface area contributed by atoms with E-state index in [2.05, 4.69) is 23.0 Å². The third-order valence-electron chi connectivity index (χ3n) is 5.88. The largest absolute Gasteiger partial charge is 0.481 e. The van der Waals surface area contributed by atoms with Crippen molar-refractivity contribution in [1.82, 2.24) is 19.8 Å². The van der Waals surface area contributed by atoms with Gasteiger partial charge >= 0.3 is 0 Å². The van der Waals surface area contributed by atoms with Crippen molar-refractivity contribution < 1.29 is 14.3 Å². The quantitative estimate of drug-likeness (QED) is 0.558. The van der Waals surface area contributed by atoms with Crippen LogP contribution in [0.2, 0.25) is 0 Å². The Balaban J connectivity index is 1.62. The molecule has 2 amide bonds. The van der Waals surface area contributed by atoms with Crippen LogP contribution in [0.15, 0.2) is 67.1 Å². The Morgan fingerprint density at radius 1 is 1.09 bits per heavy atom. The molecule has 0 radical (unpaired) electrons. The maximum atomic E-state index is 13.4. The van der Waals surface area contributed by atoms with Crippen LogP contribution in [-0.4, -0.2) is 64.4 Å². The van der Waals surface area contributed by atoms with Gasteiger partial charge in [-0.3, -0.25) is 14.6 Å². The summed E-state index contributed by atoms with van der Waals surface area (Å²) < 4.78 is 5.10. The lowest BCUT2D eigenvalue weighted by Gasteiger charge is -2.40. The second kappa shape index (κ2) is 10.3. The number of pyridine rings is 2. The number of methoxy groups -OCH3 is 1. The Kier molecular flexibility index (Phi) is 6.98. The van der Waals surface area contributed by atoms with E-state index in [4.69, 9.17) is 4.74 Å². The summed E-state index contributed by atoms with van der Waals surface area (Å²) in [4.78, 5) is 38.7. The van der Waals surface area contributed by atoms with Crippen LogP contribution in [0.4, 0.5) is 0 Å². The zero-order valence-corrected chi connectivity index (χ0v) is 19.0. The molecule has 0 saturated carbocycles. The number of carbonyl (C=O) groups excluding carboxylic acids is 2. The molecule has 3 aromatic rings. The van der Waals surface area contributed by atoms with Crippen molar-refractivity contribution in [1.29, 1.82) is 0 Å². The molecule has 1 atom stereocenters. The van der Waals surface area contributed by atoms with E-state index >= 15 is 0 Å². The van der Waals surface area contributed by atoms with Crippen molar-refractivity contribution >= 4 is 11.8 Å². The van der Waals surface area contributed by atoms with Crippen LogP contribution in [0, 0.1) is 0 Å². The maximum Gasteiger partial charge on any atom is 0.256 e. The van der Waals surface area contributed by atoms with Crippen LogP contribution >= 0.6 is 0 Å². The minimum absolute atomic E-state index is 0.00954. The van der Waals surface area contributed by atoms with Crippen LogP contribution in [0.3, 0.4) is 0 Å². The third-order valence-corrected chi connectivity index (χ3v) is 5.88. The van der Waals surface area contributed by atoms with Gasteiger partial charge in [-0.1, -0.05) is 37.3 Å². The van der Waals surface area contributed by atoms with Crippen molar-refractivity contribution in [3.8, 4) is 17.0 Å². The highest BCUT2D eigenvalue weighted by molar-refractivity contribution is 5.98. The Labute approximate surface area is 194 Å². The normalized spacial score (nSPS) is 16.1. The van der Waals surface area contributed by atoms with Crippen LogP contribution in [-0.2, 0) is 11.2 Å².